The molecule has 0 bridgehead atoms. The van der Waals surface area contributed by atoms with Gasteiger partial charge in [0.05, 0.1) is 6.61 Å². The van der Waals surface area contributed by atoms with Crippen molar-refractivity contribution in [3.8, 4) is 5.75 Å². The van der Waals surface area contributed by atoms with Gasteiger partial charge in [-0.2, -0.15) is 0 Å². The Balaban J connectivity index is 2.24. The van der Waals surface area contributed by atoms with E-state index >= 15 is 0 Å². The summed E-state index contributed by atoms with van der Waals surface area (Å²) in [5.41, 5.74) is 3.81. The number of hydrogen-bond acceptors (Lipinski definition) is 6. The molecule has 0 spiro atoms. The molecule has 6 nitrogen and oxygen atoms in total. The van der Waals surface area contributed by atoms with Crippen LogP contribution < -0.4 is 0 Å². The smallest absolute Gasteiger partial charge is 0.144 e. The summed E-state index contributed by atoms with van der Waals surface area (Å²) in [5, 5.41) is 12.3. The molecule has 1 aliphatic heterocycles. The van der Waals surface area contributed by atoms with Gasteiger partial charge < -0.3 is 28.8 Å². The topological polar surface area (TPSA) is 66.4 Å². The number of ether oxygens (including phenoxy) is 5. The monoisotopic (exact) mass is 686 g/mol. The molecule has 2 aromatic rings. The molecule has 1 saturated heterocycles. The number of aromatic hydroxyl groups is 1. The predicted molar refractivity (Wildman–Crippen MR) is 197 cm³/mol. The molecule has 1 aliphatic rings. The van der Waals surface area contributed by atoms with E-state index in [-0.39, 0.29) is 5.75 Å². The number of phenolic OH excluding ortho intramolecular Hbond substituents is 1. The van der Waals surface area contributed by atoms with Crippen molar-refractivity contribution in [2.75, 3.05) is 33.0 Å². The summed E-state index contributed by atoms with van der Waals surface area (Å²) in [5.74, 6) is 0.0648. The van der Waals surface area contributed by atoms with Crippen LogP contribution in [0.15, 0.2) is 48.0 Å². The van der Waals surface area contributed by atoms with E-state index in [4.69, 9.17) is 35.3 Å². The Hall–Kier alpha value is -1.93. The van der Waals surface area contributed by atoms with Crippen molar-refractivity contribution >= 4 is 11.6 Å². The van der Waals surface area contributed by atoms with Gasteiger partial charge in [-0.3, -0.25) is 0 Å². The van der Waals surface area contributed by atoms with Crippen LogP contribution in [0.5, 0.6) is 5.75 Å². The Morgan fingerprint density at radius 2 is 1.35 bits per heavy atom. The van der Waals surface area contributed by atoms with E-state index < -0.39 is 30.0 Å². The predicted octanol–water partition coefficient (Wildman–Crippen LogP) is 10.1. The fourth-order valence-electron chi connectivity index (χ4n) is 6.28. The first-order valence-corrected chi connectivity index (χ1v) is 19.0. The lowest BCUT2D eigenvalue weighted by molar-refractivity contribution is -0.294. The lowest BCUT2D eigenvalue weighted by Gasteiger charge is -2.52. The summed E-state index contributed by atoms with van der Waals surface area (Å²) >= 11 is 6.86. The van der Waals surface area contributed by atoms with Gasteiger partial charge in [-0.1, -0.05) is 102 Å². The number of rotatable bonds is 22. The first-order valence-electron chi connectivity index (χ1n) is 18.6. The van der Waals surface area contributed by atoms with Crippen molar-refractivity contribution in [3.05, 3.63) is 75.3 Å². The van der Waals surface area contributed by atoms with E-state index in [0.717, 1.165) is 74.5 Å². The zero-order valence-corrected chi connectivity index (χ0v) is 31.6. The molecule has 0 saturated carbocycles. The van der Waals surface area contributed by atoms with E-state index in [2.05, 4.69) is 78.8 Å². The fraction of sp³-hybridized carbons (Fsp3) is 0.659. The Morgan fingerprint density at radius 3 is 1.94 bits per heavy atom. The number of halogens is 1. The van der Waals surface area contributed by atoms with Crippen LogP contribution in [-0.4, -0.2) is 62.6 Å². The first-order chi connectivity index (χ1) is 23.2. The molecule has 3 rings (SSSR count). The van der Waals surface area contributed by atoms with Gasteiger partial charge >= 0.3 is 0 Å². The molecule has 0 aliphatic carbocycles. The van der Waals surface area contributed by atoms with Crippen molar-refractivity contribution in [2.24, 2.45) is 0 Å². The molecule has 270 valence electrons. The zero-order chi connectivity index (χ0) is 34.9. The van der Waals surface area contributed by atoms with Crippen LogP contribution in [0.4, 0.5) is 0 Å². The molecule has 0 amide bonds. The summed E-state index contributed by atoms with van der Waals surface area (Å²) in [7, 11) is 0. The quantitative estimate of drug-likeness (QED) is 0.0982. The lowest BCUT2D eigenvalue weighted by atomic mass is 9.77. The zero-order valence-electron chi connectivity index (χ0n) is 30.8. The average Bonchev–Trinajstić information content (AvgIpc) is 3.06. The normalized spacial score (nSPS) is 22.6. The van der Waals surface area contributed by atoms with Crippen LogP contribution in [0, 0.1) is 0 Å². The van der Waals surface area contributed by atoms with E-state index in [1.807, 2.05) is 6.07 Å². The van der Waals surface area contributed by atoms with Gasteiger partial charge in [-0.15, -0.1) is 0 Å². The van der Waals surface area contributed by atoms with E-state index in [1.165, 1.54) is 5.56 Å². The van der Waals surface area contributed by atoms with Crippen molar-refractivity contribution in [3.63, 3.8) is 0 Å². The summed E-state index contributed by atoms with van der Waals surface area (Å²) in [6.45, 7) is 17.6. The summed E-state index contributed by atoms with van der Waals surface area (Å²) in [6, 6.07) is 12.3. The second kappa shape index (κ2) is 21.3. The fourth-order valence-corrected chi connectivity index (χ4v) is 6.51. The maximum absolute atomic E-state index is 11.8. The summed E-state index contributed by atoms with van der Waals surface area (Å²) in [4.78, 5) is 0. The van der Waals surface area contributed by atoms with Gasteiger partial charge in [-0.05, 0) is 87.3 Å². The molecule has 5 atom stereocenters. The van der Waals surface area contributed by atoms with Crippen LogP contribution in [0.1, 0.15) is 122 Å². The summed E-state index contributed by atoms with van der Waals surface area (Å²) < 4.78 is 33.9. The molecule has 0 radical (unpaired) electrons. The van der Waals surface area contributed by atoms with Gasteiger partial charge in [-0.25, -0.2) is 0 Å². The highest BCUT2D eigenvalue weighted by Crippen LogP contribution is 2.48. The van der Waals surface area contributed by atoms with E-state index in [1.54, 1.807) is 6.07 Å². The Labute approximate surface area is 296 Å². The standard InChI is InChI=1S/C41H63ClO6/c1-8-13-21-44-29-37-38(45-22-14-9-2)39(46-23-15-10-3)40(47-24-16-11-4)41(48-37,28-30(6)7)34-26-33(35(42)27-36(34)43)25-32-19-17-31(12-5)18-20-32/h17-20,26-28,37-40,43H,8-16,21-25,29H2,1-7H3/t37-,38-,39+,40-,41+/m1/s1. The van der Waals surface area contributed by atoms with Crippen molar-refractivity contribution in [1.82, 2.24) is 0 Å². The largest absolute Gasteiger partial charge is 0.507 e. The van der Waals surface area contributed by atoms with Crippen molar-refractivity contribution in [2.45, 2.75) is 143 Å². The minimum Gasteiger partial charge on any atom is -0.507 e. The maximum atomic E-state index is 11.8. The number of phenols is 1. The molecule has 0 aromatic heterocycles. The minimum absolute atomic E-state index is 0.0648. The number of hydrogen-bond donors (Lipinski definition) is 1. The highest BCUT2D eigenvalue weighted by atomic mass is 35.5. The van der Waals surface area contributed by atoms with Gasteiger partial charge in [0, 0.05) is 37.0 Å². The van der Waals surface area contributed by atoms with Gasteiger partial charge in [0.1, 0.15) is 35.8 Å². The van der Waals surface area contributed by atoms with Crippen molar-refractivity contribution < 1.29 is 28.8 Å². The van der Waals surface area contributed by atoms with Crippen LogP contribution in [-0.2, 0) is 42.1 Å². The van der Waals surface area contributed by atoms with Crippen LogP contribution in [0.3, 0.4) is 0 Å². The van der Waals surface area contributed by atoms with Gasteiger partial charge in [0.2, 0.25) is 0 Å². The first kappa shape index (κ1) is 40.5. The second-order valence-corrected chi connectivity index (χ2v) is 13.8. The molecule has 7 heteroatoms. The minimum atomic E-state index is -1.19. The molecular formula is C41H63ClO6. The molecule has 2 aromatic carbocycles. The second-order valence-electron chi connectivity index (χ2n) is 13.4. The SMILES string of the molecule is CCCCOC[C@H]1O[C@@](C=C(C)C)(c2cc(Cc3ccc(CC)cc3)c(Cl)cc2O)[C@H](OCCCC)[C@@H](OCCCC)[C@@H]1OCCCC. The number of allylic oxidation sites excluding steroid dienone is 1. The molecule has 1 heterocycles. The molecule has 0 unspecified atom stereocenters. The van der Waals surface area contributed by atoms with Crippen LogP contribution in [0.2, 0.25) is 5.02 Å². The van der Waals surface area contributed by atoms with E-state index in [9.17, 15) is 5.11 Å². The third kappa shape index (κ3) is 11.3. The van der Waals surface area contributed by atoms with Crippen LogP contribution in [0.25, 0.3) is 0 Å². The molecule has 1 N–H and O–H groups in total. The molecule has 48 heavy (non-hydrogen) atoms. The molecular weight excluding hydrogens is 624 g/mol. The third-order valence-electron chi connectivity index (χ3n) is 9.01. The maximum Gasteiger partial charge on any atom is 0.144 e. The highest BCUT2D eigenvalue weighted by Gasteiger charge is 2.57. The van der Waals surface area contributed by atoms with E-state index in [0.29, 0.717) is 50.0 Å². The summed E-state index contributed by atoms with van der Waals surface area (Å²) in [6.07, 6.45) is 9.53. The highest BCUT2D eigenvalue weighted by molar-refractivity contribution is 6.31. The Bertz CT molecular complexity index is 1230. The third-order valence-corrected chi connectivity index (χ3v) is 9.36. The lowest BCUT2D eigenvalue weighted by Crippen LogP contribution is -2.65. The van der Waals surface area contributed by atoms with Gasteiger partial charge in [0.15, 0.2) is 0 Å². The van der Waals surface area contributed by atoms with Crippen LogP contribution >= 0.6 is 11.6 Å². The molecule has 1 fully saturated rings. The van der Waals surface area contributed by atoms with Crippen molar-refractivity contribution in [1.29, 1.82) is 0 Å². The number of benzene rings is 2. The Morgan fingerprint density at radius 1 is 0.792 bits per heavy atom. The average molecular weight is 687 g/mol. The number of aryl methyl sites for hydroxylation is 1. The Kier molecular flexibility index (Phi) is 18.0. The van der Waals surface area contributed by atoms with Gasteiger partial charge in [0.25, 0.3) is 0 Å². The number of unbranched alkanes of at least 4 members (excludes halogenated alkanes) is 4.